The SMILES string of the molecule is CCO[C@H]1C[C@H](N(C)C(=O)c2cc(C3CC3)on2)C12CCCC2. The smallest absolute Gasteiger partial charge is 0.276 e. The summed E-state index contributed by atoms with van der Waals surface area (Å²) in [5, 5.41) is 4.01. The molecule has 1 spiro atoms. The van der Waals surface area contributed by atoms with Gasteiger partial charge in [0.05, 0.1) is 6.10 Å². The molecule has 3 fully saturated rings. The molecule has 5 heteroatoms. The van der Waals surface area contributed by atoms with Gasteiger partial charge in [-0.05, 0) is 39.0 Å². The maximum atomic E-state index is 12.8. The standard InChI is InChI=1S/C18H26N2O3/c1-3-22-16-11-15(18(16)8-4-5-9-18)20(2)17(21)13-10-14(23-19-13)12-6-7-12/h10,12,15-16H,3-9,11H2,1-2H3/t15-,16-/m0/s1. The monoisotopic (exact) mass is 318 g/mol. The van der Waals surface area contributed by atoms with Gasteiger partial charge in [0, 0.05) is 37.1 Å². The van der Waals surface area contributed by atoms with Crippen molar-refractivity contribution in [2.24, 2.45) is 5.41 Å². The predicted molar refractivity (Wildman–Crippen MR) is 85.3 cm³/mol. The first kappa shape index (κ1) is 15.2. The number of hydrogen-bond donors (Lipinski definition) is 0. The van der Waals surface area contributed by atoms with Crippen molar-refractivity contribution in [1.29, 1.82) is 0 Å². The number of hydrogen-bond acceptors (Lipinski definition) is 4. The van der Waals surface area contributed by atoms with Gasteiger partial charge >= 0.3 is 0 Å². The van der Waals surface area contributed by atoms with Crippen LogP contribution >= 0.6 is 0 Å². The topological polar surface area (TPSA) is 55.6 Å². The molecule has 1 aromatic rings. The maximum absolute atomic E-state index is 12.8. The first-order chi connectivity index (χ1) is 11.2. The highest BCUT2D eigenvalue weighted by Gasteiger charge is 2.59. The minimum atomic E-state index is -0.00752. The van der Waals surface area contributed by atoms with Crippen molar-refractivity contribution in [3.05, 3.63) is 17.5 Å². The zero-order valence-electron chi connectivity index (χ0n) is 14.1. The van der Waals surface area contributed by atoms with Gasteiger partial charge in [-0.25, -0.2) is 0 Å². The maximum Gasteiger partial charge on any atom is 0.276 e. The van der Waals surface area contributed by atoms with Crippen LogP contribution in [0.4, 0.5) is 0 Å². The number of nitrogens with zero attached hydrogens (tertiary/aromatic N) is 2. The van der Waals surface area contributed by atoms with E-state index >= 15 is 0 Å². The molecule has 3 aliphatic carbocycles. The van der Waals surface area contributed by atoms with E-state index in [-0.39, 0.29) is 17.4 Å². The van der Waals surface area contributed by atoms with Gasteiger partial charge < -0.3 is 14.2 Å². The second-order valence-electron chi connectivity index (χ2n) is 7.44. The van der Waals surface area contributed by atoms with Crippen LogP contribution in [-0.2, 0) is 4.74 Å². The molecule has 0 aromatic carbocycles. The Hall–Kier alpha value is -1.36. The molecule has 1 heterocycles. The molecule has 0 unspecified atom stereocenters. The molecule has 2 atom stereocenters. The van der Waals surface area contributed by atoms with Crippen LogP contribution in [0, 0.1) is 5.41 Å². The summed E-state index contributed by atoms with van der Waals surface area (Å²) in [6, 6.07) is 2.12. The molecular weight excluding hydrogens is 292 g/mol. The highest BCUT2D eigenvalue weighted by atomic mass is 16.5. The summed E-state index contributed by atoms with van der Waals surface area (Å²) < 4.78 is 11.3. The quantitative estimate of drug-likeness (QED) is 0.835. The molecular formula is C18H26N2O3. The molecule has 0 N–H and O–H groups in total. The molecule has 0 aliphatic heterocycles. The van der Waals surface area contributed by atoms with E-state index in [1.54, 1.807) is 0 Å². The normalized spacial score (nSPS) is 28.8. The van der Waals surface area contributed by atoms with Gasteiger partial charge in [0.1, 0.15) is 5.76 Å². The first-order valence-electron chi connectivity index (χ1n) is 9.01. The van der Waals surface area contributed by atoms with Crippen LogP contribution in [-0.4, -0.2) is 41.8 Å². The van der Waals surface area contributed by atoms with Crippen LogP contribution in [0.5, 0.6) is 0 Å². The van der Waals surface area contributed by atoms with Gasteiger partial charge in [0.2, 0.25) is 0 Å². The Morgan fingerprint density at radius 1 is 1.43 bits per heavy atom. The number of amides is 1. The fourth-order valence-electron chi connectivity index (χ4n) is 4.67. The highest BCUT2D eigenvalue weighted by Crippen LogP contribution is 2.56. The Morgan fingerprint density at radius 3 is 2.83 bits per heavy atom. The molecule has 4 rings (SSSR count). The zero-order chi connectivity index (χ0) is 16.0. The molecule has 0 radical (unpaired) electrons. The minimum absolute atomic E-state index is 0.00752. The first-order valence-corrected chi connectivity index (χ1v) is 9.01. The van der Waals surface area contributed by atoms with Crippen molar-refractivity contribution < 1.29 is 14.1 Å². The van der Waals surface area contributed by atoms with Crippen LogP contribution in [0.15, 0.2) is 10.6 Å². The van der Waals surface area contributed by atoms with E-state index < -0.39 is 0 Å². The van der Waals surface area contributed by atoms with E-state index in [1.807, 2.05) is 18.0 Å². The summed E-state index contributed by atoms with van der Waals surface area (Å²) in [5.74, 6) is 1.35. The van der Waals surface area contributed by atoms with Crippen LogP contribution in [0.25, 0.3) is 0 Å². The van der Waals surface area contributed by atoms with E-state index in [0.717, 1.165) is 31.6 Å². The van der Waals surface area contributed by atoms with E-state index in [1.165, 1.54) is 25.7 Å². The summed E-state index contributed by atoms with van der Waals surface area (Å²) in [7, 11) is 1.92. The Balaban J connectivity index is 1.49. The Morgan fingerprint density at radius 2 is 2.17 bits per heavy atom. The van der Waals surface area contributed by atoms with Crippen LogP contribution in [0.3, 0.4) is 0 Å². The second-order valence-corrected chi connectivity index (χ2v) is 7.44. The second kappa shape index (κ2) is 5.62. The molecule has 3 aliphatic rings. The van der Waals surface area contributed by atoms with Gasteiger partial charge in [-0.2, -0.15) is 0 Å². The van der Waals surface area contributed by atoms with E-state index in [2.05, 4.69) is 12.1 Å². The Bertz CT molecular complexity index is 587. The number of aromatic nitrogens is 1. The number of carbonyl (C=O) groups is 1. The van der Waals surface area contributed by atoms with Crippen LogP contribution in [0.2, 0.25) is 0 Å². The lowest BCUT2D eigenvalue weighted by atomic mass is 9.60. The molecule has 1 amide bonds. The average molecular weight is 318 g/mol. The molecule has 0 bridgehead atoms. The Kier molecular flexibility index (Phi) is 3.71. The van der Waals surface area contributed by atoms with Crippen molar-refractivity contribution in [1.82, 2.24) is 10.1 Å². The van der Waals surface area contributed by atoms with Crippen molar-refractivity contribution >= 4 is 5.91 Å². The minimum Gasteiger partial charge on any atom is -0.378 e. The van der Waals surface area contributed by atoms with Crippen LogP contribution < -0.4 is 0 Å². The number of carbonyl (C=O) groups excluding carboxylic acids is 1. The van der Waals surface area contributed by atoms with E-state index in [4.69, 9.17) is 9.26 Å². The third-order valence-corrected chi connectivity index (χ3v) is 6.16. The predicted octanol–water partition coefficient (Wildman–Crippen LogP) is 3.36. The fraction of sp³-hybridized carbons (Fsp3) is 0.778. The molecule has 0 saturated heterocycles. The molecule has 126 valence electrons. The fourth-order valence-corrected chi connectivity index (χ4v) is 4.67. The summed E-state index contributed by atoms with van der Waals surface area (Å²) in [6.07, 6.45) is 8.41. The molecule has 1 aromatic heterocycles. The third kappa shape index (κ3) is 2.40. The zero-order valence-corrected chi connectivity index (χ0v) is 14.1. The van der Waals surface area contributed by atoms with Gasteiger partial charge in [0.25, 0.3) is 5.91 Å². The largest absolute Gasteiger partial charge is 0.378 e. The Labute approximate surface area is 137 Å². The third-order valence-electron chi connectivity index (χ3n) is 6.16. The summed E-state index contributed by atoms with van der Waals surface area (Å²) in [6.45, 7) is 2.81. The number of rotatable bonds is 5. The average Bonchev–Trinajstić information content (AvgIpc) is 3.07. The van der Waals surface area contributed by atoms with Crippen molar-refractivity contribution in [2.45, 2.75) is 69.9 Å². The van der Waals surface area contributed by atoms with Gasteiger partial charge in [-0.15, -0.1) is 0 Å². The van der Waals surface area contributed by atoms with Crippen molar-refractivity contribution in [3.8, 4) is 0 Å². The lowest BCUT2D eigenvalue weighted by Gasteiger charge is -2.56. The van der Waals surface area contributed by atoms with E-state index in [0.29, 0.717) is 17.7 Å². The number of ether oxygens (including phenoxy) is 1. The molecule has 23 heavy (non-hydrogen) atoms. The van der Waals surface area contributed by atoms with Gasteiger partial charge in [0.15, 0.2) is 5.69 Å². The van der Waals surface area contributed by atoms with Gasteiger partial charge in [-0.1, -0.05) is 18.0 Å². The van der Waals surface area contributed by atoms with Gasteiger partial charge in [-0.3, -0.25) is 4.79 Å². The summed E-state index contributed by atoms with van der Waals surface area (Å²) >= 11 is 0. The molecule has 5 nitrogen and oxygen atoms in total. The summed E-state index contributed by atoms with van der Waals surface area (Å²) in [4.78, 5) is 14.7. The highest BCUT2D eigenvalue weighted by molar-refractivity contribution is 5.92. The van der Waals surface area contributed by atoms with E-state index in [9.17, 15) is 4.79 Å². The van der Waals surface area contributed by atoms with Crippen molar-refractivity contribution in [3.63, 3.8) is 0 Å². The van der Waals surface area contributed by atoms with Crippen LogP contribution in [0.1, 0.15) is 74.0 Å². The summed E-state index contributed by atoms with van der Waals surface area (Å²) in [5.41, 5.74) is 0.631. The molecule has 3 saturated carbocycles. The lowest BCUT2D eigenvalue weighted by molar-refractivity contribution is -0.152. The lowest BCUT2D eigenvalue weighted by Crippen LogP contribution is -2.64. The van der Waals surface area contributed by atoms with Crippen molar-refractivity contribution in [2.75, 3.05) is 13.7 Å².